The minimum absolute atomic E-state index is 0.397. The molecule has 0 saturated carbocycles. The lowest BCUT2D eigenvalue weighted by Gasteiger charge is -2.06. The van der Waals surface area contributed by atoms with Crippen LogP contribution >= 0.6 is 31.9 Å². The number of rotatable bonds is 3. The van der Waals surface area contributed by atoms with Gasteiger partial charge in [0.1, 0.15) is 0 Å². The smallest absolute Gasteiger partial charge is 0.0485 e. The van der Waals surface area contributed by atoms with E-state index in [1.807, 2.05) is 26.0 Å². The summed E-state index contributed by atoms with van der Waals surface area (Å²) in [7, 11) is 0. The van der Waals surface area contributed by atoms with Gasteiger partial charge in [-0.15, -0.1) is 0 Å². The van der Waals surface area contributed by atoms with E-state index < -0.39 is 0 Å². The zero-order chi connectivity index (χ0) is 7.98. The highest BCUT2D eigenvalue weighted by Gasteiger charge is 2.06. The van der Waals surface area contributed by atoms with E-state index in [9.17, 15) is 0 Å². The monoisotopic (exact) mass is 266 g/mol. The molecule has 58 valence electrons. The van der Waals surface area contributed by atoms with Crippen molar-refractivity contribution in [1.29, 1.82) is 0 Å². The molecule has 0 aromatic rings. The molecule has 0 radical (unpaired) electrons. The Morgan fingerprint density at radius 1 is 0.900 bits per heavy atom. The van der Waals surface area contributed by atoms with Crippen LogP contribution in [0, 0.1) is 0 Å². The second kappa shape index (κ2) is 6.17. The normalized spacial score (nSPS) is 18.4. The Balaban J connectivity index is 3.81. The average molecular weight is 268 g/mol. The van der Waals surface area contributed by atoms with Gasteiger partial charge < -0.3 is 0 Å². The van der Waals surface area contributed by atoms with Gasteiger partial charge in [0.15, 0.2) is 0 Å². The van der Waals surface area contributed by atoms with Crippen LogP contribution in [0.1, 0.15) is 13.8 Å². The van der Waals surface area contributed by atoms with Crippen LogP contribution in [-0.4, -0.2) is 9.65 Å². The molecule has 2 atom stereocenters. The highest BCUT2D eigenvalue weighted by molar-refractivity contribution is 9.12. The Bertz CT molecular complexity index is 111. The molecule has 10 heavy (non-hydrogen) atoms. The standard InChI is InChI=1S/C8H12Br2/c1-3-5-7(9)8(10)6-4-2/h3-8H,1-2H3/b5-3+,6-4+/t7-,8+. The molecular weight excluding hydrogens is 256 g/mol. The maximum absolute atomic E-state index is 3.52. The number of halogens is 2. The van der Waals surface area contributed by atoms with Gasteiger partial charge in [-0.05, 0) is 13.8 Å². The van der Waals surface area contributed by atoms with E-state index in [1.165, 1.54) is 0 Å². The summed E-state index contributed by atoms with van der Waals surface area (Å²) < 4.78 is 0. The first kappa shape index (κ1) is 10.4. The number of alkyl halides is 2. The van der Waals surface area contributed by atoms with Gasteiger partial charge in [0.25, 0.3) is 0 Å². The van der Waals surface area contributed by atoms with E-state index in [-0.39, 0.29) is 0 Å². The van der Waals surface area contributed by atoms with Crippen molar-refractivity contribution in [3.05, 3.63) is 24.3 Å². The molecule has 0 bridgehead atoms. The van der Waals surface area contributed by atoms with Crippen LogP contribution in [-0.2, 0) is 0 Å². The van der Waals surface area contributed by atoms with Gasteiger partial charge in [0.2, 0.25) is 0 Å². The quantitative estimate of drug-likeness (QED) is 0.541. The van der Waals surface area contributed by atoms with Crippen molar-refractivity contribution in [3.8, 4) is 0 Å². The molecule has 0 unspecified atom stereocenters. The summed E-state index contributed by atoms with van der Waals surface area (Å²) in [6.45, 7) is 4.04. The highest BCUT2D eigenvalue weighted by Crippen LogP contribution is 2.16. The molecule has 0 aromatic carbocycles. The highest BCUT2D eigenvalue weighted by atomic mass is 79.9. The minimum atomic E-state index is 0.397. The lowest BCUT2D eigenvalue weighted by molar-refractivity contribution is 1.12. The van der Waals surface area contributed by atoms with Gasteiger partial charge in [-0.2, -0.15) is 0 Å². The van der Waals surface area contributed by atoms with Crippen molar-refractivity contribution in [2.75, 3.05) is 0 Å². The summed E-state index contributed by atoms with van der Waals surface area (Å²) in [6, 6.07) is 0. The molecule has 0 heterocycles. The Morgan fingerprint density at radius 3 is 1.40 bits per heavy atom. The number of allylic oxidation sites excluding steroid dienone is 4. The summed E-state index contributed by atoms with van der Waals surface area (Å²) in [4.78, 5) is 0.794. The van der Waals surface area contributed by atoms with Crippen molar-refractivity contribution in [3.63, 3.8) is 0 Å². The van der Waals surface area contributed by atoms with Gasteiger partial charge in [-0.3, -0.25) is 0 Å². The van der Waals surface area contributed by atoms with Crippen LogP contribution in [0.5, 0.6) is 0 Å². The number of hydrogen-bond acceptors (Lipinski definition) is 0. The Hall–Kier alpha value is 0.440. The topological polar surface area (TPSA) is 0 Å². The van der Waals surface area contributed by atoms with E-state index in [4.69, 9.17) is 0 Å². The van der Waals surface area contributed by atoms with Crippen LogP contribution in [0.4, 0.5) is 0 Å². The minimum Gasteiger partial charge on any atom is -0.0905 e. The molecule has 0 aliphatic heterocycles. The molecule has 2 heteroatoms. The third-order valence-electron chi connectivity index (χ3n) is 1.06. The third-order valence-corrected chi connectivity index (χ3v) is 3.52. The lowest BCUT2D eigenvalue weighted by atomic mass is 10.3. The first-order valence-electron chi connectivity index (χ1n) is 3.26. The van der Waals surface area contributed by atoms with Crippen molar-refractivity contribution >= 4 is 31.9 Å². The molecule has 0 aliphatic carbocycles. The molecule has 0 rings (SSSR count). The van der Waals surface area contributed by atoms with Crippen LogP contribution in [0.3, 0.4) is 0 Å². The average Bonchev–Trinajstić information content (AvgIpc) is 1.89. The zero-order valence-corrected chi connectivity index (χ0v) is 9.39. The van der Waals surface area contributed by atoms with Crippen molar-refractivity contribution in [2.45, 2.75) is 23.5 Å². The Labute approximate surface area is 79.6 Å². The second-order valence-corrected chi connectivity index (χ2v) is 4.06. The van der Waals surface area contributed by atoms with Crippen molar-refractivity contribution in [2.24, 2.45) is 0 Å². The lowest BCUT2D eigenvalue weighted by Crippen LogP contribution is -2.06. The van der Waals surface area contributed by atoms with E-state index in [1.54, 1.807) is 0 Å². The van der Waals surface area contributed by atoms with Gasteiger partial charge in [-0.1, -0.05) is 56.2 Å². The van der Waals surface area contributed by atoms with Gasteiger partial charge in [0.05, 0.1) is 0 Å². The Kier molecular flexibility index (Phi) is 6.44. The summed E-state index contributed by atoms with van der Waals surface area (Å²) >= 11 is 7.04. The molecule has 0 nitrogen and oxygen atoms in total. The maximum atomic E-state index is 3.52. The number of hydrogen-bond donors (Lipinski definition) is 0. The molecule has 0 N–H and O–H groups in total. The molecule has 0 saturated heterocycles. The summed E-state index contributed by atoms with van der Waals surface area (Å²) in [5, 5.41) is 0. The Morgan fingerprint density at radius 2 is 1.20 bits per heavy atom. The van der Waals surface area contributed by atoms with Gasteiger partial charge in [-0.25, -0.2) is 0 Å². The van der Waals surface area contributed by atoms with Crippen LogP contribution in [0.25, 0.3) is 0 Å². The predicted molar refractivity (Wildman–Crippen MR) is 55.1 cm³/mol. The van der Waals surface area contributed by atoms with E-state index in [0.29, 0.717) is 9.65 Å². The maximum Gasteiger partial charge on any atom is 0.0485 e. The SMILES string of the molecule is C/C=C/[C@@H](Br)[C@@H](Br)/C=C/C. The molecule has 0 aliphatic rings. The molecule has 0 amide bonds. The summed E-state index contributed by atoms with van der Waals surface area (Å²) in [5.41, 5.74) is 0. The third kappa shape index (κ3) is 4.29. The first-order chi connectivity index (χ1) is 4.72. The first-order valence-corrected chi connectivity index (χ1v) is 5.09. The van der Waals surface area contributed by atoms with Crippen LogP contribution in [0.15, 0.2) is 24.3 Å². The van der Waals surface area contributed by atoms with E-state index in [2.05, 4.69) is 44.0 Å². The summed E-state index contributed by atoms with van der Waals surface area (Å²) in [6.07, 6.45) is 8.30. The fraction of sp³-hybridized carbons (Fsp3) is 0.500. The van der Waals surface area contributed by atoms with Gasteiger partial charge in [0, 0.05) is 9.65 Å². The van der Waals surface area contributed by atoms with Crippen LogP contribution in [0.2, 0.25) is 0 Å². The molecule has 0 fully saturated rings. The van der Waals surface area contributed by atoms with Crippen molar-refractivity contribution < 1.29 is 0 Å². The fourth-order valence-electron chi connectivity index (χ4n) is 0.580. The second-order valence-electron chi connectivity index (χ2n) is 1.94. The van der Waals surface area contributed by atoms with E-state index >= 15 is 0 Å². The summed E-state index contributed by atoms with van der Waals surface area (Å²) in [5.74, 6) is 0. The predicted octanol–water partition coefficient (Wildman–Crippen LogP) is 3.67. The van der Waals surface area contributed by atoms with Crippen molar-refractivity contribution in [1.82, 2.24) is 0 Å². The zero-order valence-electron chi connectivity index (χ0n) is 6.22. The van der Waals surface area contributed by atoms with Gasteiger partial charge >= 0.3 is 0 Å². The largest absolute Gasteiger partial charge is 0.0905 e. The molecule has 0 aromatic heterocycles. The van der Waals surface area contributed by atoms with E-state index in [0.717, 1.165) is 0 Å². The van der Waals surface area contributed by atoms with Crippen LogP contribution < -0.4 is 0 Å². The molecular formula is C8H12Br2. The fourth-order valence-corrected chi connectivity index (χ4v) is 1.54. The molecule has 0 spiro atoms.